The van der Waals surface area contributed by atoms with Crippen molar-refractivity contribution in [3.8, 4) is 0 Å². The van der Waals surface area contributed by atoms with Crippen LogP contribution < -0.4 is 0 Å². The number of carbonyl (C=O) groups is 4. The van der Waals surface area contributed by atoms with Crippen LogP contribution in [0.3, 0.4) is 0 Å². The molecule has 8 heteroatoms. The molecule has 0 rings (SSSR count). The standard InChI is InChI=1S/C10H14O8/c1-4(5(2)11)7(8(14)15)10(18,9(16)17)3-6(12)13/h4,7,18H,3H2,1-2H3,(H,12,13)(H,14,15)(H,16,17). The van der Waals surface area contributed by atoms with Crippen LogP contribution in [-0.4, -0.2) is 49.7 Å². The van der Waals surface area contributed by atoms with E-state index in [9.17, 15) is 24.3 Å². The Balaban J connectivity index is 5.65. The van der Waals surface area contributed by atoms with Crippen LogP contribution in [0.4, 0.5) is 0 Å². The van der Waals surface area contributed by atoms with Crippen molar-refractivity contribution in [2.75, 3.05) is 0 Å². The van der Waals surface area contributed by atoms with E-state index in [4.69, 9.17) is 15.3 Å². The smallest absolute Gasteiger partial charge is 0.337 e. The van der Waals surface area contributed by atoms with Crippen LogP contribution in [0, 0.1) is 11.8 Å². The number of carboxylic acid groups (broad SMARTS) is 3. The summed E-state index contributed by atoms with van der Waals surface area (Å²) in [7, 11) is 0. The lowest BCUT2D eigenvalue weighted by atomic mass is 9.75. The average molecular weight is 262 g/mol. The Morgan fingerprint density at radius 3 is 1.78 bits per heavy atom. The predicted octanol–water partition coefficient (Wildman–Crippen LogP) is -0.797. The lowest BCUT2D eigenvalue weighted by Crippen LogP contribution is -2.54. The predicted molar refractivity (Wildman–Crippen MR) is 55.8 cm³/mol. The monoisotopic (exact) mass is 262 g/mol. The minimum absolute atomic E-state index is 0.660. The molecule has 3 atom stereocenters. The molecule has 18 heavy (non-hydrogen) atoms. The Kier molecular flexibility index (Phi) is 4.98. The molecule has 0 fully saturated rings. The molecular formula is C10H14O8. The van der Waals surface area contributed by atoms with Crippen LogP contribution in [0.25, 0.3) is 0 Å². The van der Waals surface area contributed by atoms with Gasteiger partial charge in [0.05, 0.1) is 6.42 Å². The van der Waals surface area contributed by atoms with Crippen LogP contribution in [-0.2, 0) is 19.2 Å². The molecular weight excluding hydrogens is 248 g/mol. The summed E-state index contributed by atoms with van der Waals surface area (Å²) >= 11 is 0. The highest BCUT2D eigenvalue weighted by Crippen LogP contribution is 2.30. The van der Waals surface area contributed by atoms with E-state index in [2.05, 4.69) is 0 Å². The largest absolute Gasteiger partial charge is 0.481 e. The van der Waals surface area contributed by atoms with E-state index in [-0.39, 0.29) is 0 Å². The second-order valence-corrected chi connectivity index (χ2v) is 4.02. The normalized spacial score (nSPS) is 17.3. The molecule has 0 aliphatic rings. The van der Waals surface area contributed by atoms with Crippen LogP contribution in [0.2, 0.25) is 0 Å². The summed E-state index contributed by atoms with van der Waals surface area (Å²) in [4.78, 5) is 43.6. The maximum atomic E-state index is 11.1. The number of hydrogen-bond acceptors (Lipinski definition) is 5. The molecule has 0 saturated heterocycles. The Bertz CT molecular complexity index is 387. The van der Waals surface area contributed by atoms with Gasteiger partial charge in [-0.3, -0.25) is 14.4 Å². The number of ketones is 1. The minimum Gasteiger partial charge on any atom is -0.481 e. The van der Waals surface area contributed by atoms with Crippen molar-refractivity contribution in [1.82, 2.24) is 0 Å². The summed E-state index contributed by atoms with van der Waals surface area (Å²) in [5.74, 6) is -9.45. The van der Waals surface area contributed by atoms with E-state index in [0.717, 1.165) is 13.8 Å². The van der Waals surface area contributed by atoms with Gasteiger partial charge in [0.2, 0.25) is 0 Å². The van der Waals surface area contributed by atoms with Crippen LogP contribution >= 0.6 is 0 Å². The number of carboxylic acids is 3. The van der Waals surface area contributed by atoms with Gasteiger partial charge in [-0.25, -0.2) is 4.79 Å². The summed E-state index contributed by atoms with van der Waals surface area (Å²) in [6, 6.07) is 0. The Labute approximate surface area is 102 Å². The molecule has 0 aromatic carbocycles. The van der Waals surface area contributed by atoms with E-state index in [0.29, 0.717) is 0 Å². The van der Waals surface area contributed by atoms with Crippen LogP contribution in [0.15, 0.2) is 0 Å². The first kappa shape index (κ1) is 16.0. The first-order chi connectivity index (χ1) is 8.04. The number of hydrogen-bond donors (Lipinski definition) is 4. The molecule has 0 aromatic heterocycles. The van der Waals surface area contributed by atoms with E-state index in [1.165, 1.54) is 0 Å². The molecule has 0 aromatic rings. The zero-order chi connectivity index (χ0) is 14.7. The summed E-state index contributed by atoms with van der Waals surface area (Å²) < 4.78 is 0. The van der Waals surface area contributed by atoms with Crippen LogP contribution in [0.1, 0.15) is 20.3 Å². The molecule has 8 nitrogen and oxygen atoms in total. The summed E-state index contributed by atoms with van der Waals surface area (Å²) in [6.45, 7) is 2.15. The van der Waals surface area contributed by atoms with E-state index in [1.807, 2.05) is 0 Å². The second kappa shape index (κ2) is 5.58. The van der Waals surface area contributed by atoms with Gasteiger partial charge in [0.25, 0.3) is 0 Å². The van der Waals surface area contributed by atoms with Gasteiger partial charge >= 0.3 is 17.9 Å². The molecule has 0 spiro atoms. The van der Waals surface area contributed by atoms with Gasteiger partial charge in [-0.2, -0.15) is 0 Å². The zero-order valence-corrected chi connectivity index (χ0v) is 9.78. The van der Waals surface area contributed by atoms with E-state index < -0.39 is 47.5 Å². The summed E-state index contributed by atoms with van der Waals surface area (Å²) in [5.41, 5.74) is -3.04. The molecule has 102 valence electrons. The van der Waals surface area contributed by atoms with Gasteiger partial charge in [0.15, 0.2) is 5.60 Å². The third kappa shape index (κ3) is 3.27. The van der Waals surface area contributed by atoms with Crippen molar-refractivity contribution >= 4 is 23.7 Å². The molecule has 0 radical (unpaired) electrons. The fourth-order valence-electron chi connectivity index (χ4n) is 1.62. The molecule has 0 saturated carbocycles. The van der Waals surface area contributed by atoms with Crippen molar-refractivity contribution in [2.45, 2.75) is 25.9 Å². The van der Waals surface area contributed by atoms with Gasteiger partial charge < -0.3 is 20.4 Å². The highest BCUT2D eigenvalue weighted by molar-refractivity contribution is 5.93. The van der Waals surface area contributed by atoms with Crippen molar-refractivity contribution in [1.29, 1.82) is 0 Å². The number of carbonyl (C=O) groups excluding carboxylic acids is 1. The van der Waals surface area contributed by atoms with Gasteiger partial charge in [0, 0.05) is 5.92 Å². The molecule has 0 heterocycles. The summed E-state index contributed by atoms with van der Waals surface area (Å²) in [5, 5.41) is 36.1. The highest BCUT2D eigenvalue weighted by Gasteiger charge is 2.53. The maximum absolute atomic E-state index is 11.1. The average Bonchev–Trinajstić information content (AvgIpc) is 2.14. The van der Waals surface area contributed by atoms with Gasteiger partial charge in [-0.15, -0.1) is 0 Å². The van der Waals surface area contributed by atoms with Crippen molar-refractivity contribution in [3.05, 3.63) is 0 Å². The first-order valence-electron chi connectivity index (χ1n) is 4.94. The number of aliphatic hydroxyl groups is 1. The third-order valence-corrected chi connectivity index (χ3v) is 2.71. The quantitative estimate of drug-likeness (QED) is 0.466. The Morgan fingerprint density at radius 1 is 1.11 bits per heavy atom. The molecule has 3 unspecified atom stereocenters. The molecule has 0 bridgehead atoms. The van der Waals surface area contributed by atoms with Crippen LogP contribution in [0.5, 0.6) is 0 Å². The molecule has 0 aliphatic heterocycles. The van der Waals surface area contributed by atoms with E-state index >= 15 is 0 Å². The summed E-state index contributed by atoms with van der Waals surface area (Å²) in [6.07, 6.45) is -1.31. The Hall–Kier alpha value is -1.96. The highest BCUT2D eigenvalue weighted by atomic mass is 16.4. The fourth-order valence-corrected chi connectivity index (χ4v) is 1.62. The molecule has 0 amide bonds. The first-order valence-corrected chi connectivity index (χ1v) is 4.94. The number of Topliss-reactive ketones (excluding diaryl/α,β-unsaturated/α-hetero) is 1. The van der Waals surface area contributed by atoms with Gasteiger partial charge in [-0.1, -0.05) is 6.92 Å². The maximum Gasteiger partial charge on any atom is 0.337 e. The van der Waals surface area contributed by atoms with Crippen molar-refractivity contribution in [3.63, 3.8) is 0 Å². The minimum atomic E-state index is -3.04. The lowest BCUT2D eigenvalue weighted by Gasteiger charge is -2.31. The van der Waals surface area contributed by atoms with Crippen molar-refractivity contribution in [2.24, 2.45) is 11.8 Å². The van der Waals surface area contributed by atoms with Gasteiger partial charge in [0.1, 0.15) is 11.7 Å². The number of rotatable bonds is 7. The Morgan fingerprint density at radius 2 is 1.56 bits per heavy atom. The van der Waals surface area contributed by atoms with E-state index in [1.54, 1.807) is 0 Å². The van der Waals surface area contributed by atoms with Gasteiger partial charge in [-0.05, 0) is 6.92 Å². The molecule has 4 N–H and O–H groups in total. The van der Waals surface area contributed by atoms with Crippen molar-refractivity contribution < 1.29 is 39.6 Å². The topological polar surface area (TPSA) is 149 Å². The second-order valence-electron chi connectivity index (χ2n) is 4.02. The molecule has 0 aliphatic carbocycles. The SMILES string of the molecule is CC(=O)C(C)C(C(=O)O)C(O)(CC(=O)O)C(=O)O. The lowest BCUT2D eigenvalue weighted by molar-refractivity contribution is -0.183. The number of aliphatic carboxylic acids is 3. The third-order valence-electron chi connectivity index (χ3n) is 2.71. The fraction of sp³-hybridized carbons (Fsp3) is 0.600. The zero-order valence-electron chi connectivity index (χ0n) is 9.78.